The lowest BCUT2D eigenvalue weighted by atomic mass is 9.78. The predicted octanol–water partition coefficient (Wildman–Crippen LogP) is 13.9. The van der Waals surface area contributed by atoms with Crippen LogP contribution in [-0.2, 0) is 0 Å². The van der Waals surface area contributed by atoms with Crippen LogP contribution in [0.5, 0.6) is 23.0 Å². The molecule has 0 aliphatic heterocycles. The standard InChI is InChI=1S/C56H58O4/c1-29-24-47(33(5)37(9)53(29)57)51(48-25-30(2)54(58)38(10)34(48)6)43-20-16-41(17-21-43)45-14-13-15-46(28-45)42-18-22-44(23-19-42)52(49-26-31(3)55(59)39(11)35(49)7)50-27-32(4)56(60)40(12)36(50)8/h13-28,51-52,57-60H,1-12H3. The number of aryl methyl sites for hydroxylation is 4. The molecular weight excluding hydrogens is 737 g/mol. The van der Waals surface area contributed by atoms with E-state index in [1.165, 1.54) is 0 Å². The van der Waals surface area contributed by atoms with E-state index in [-0.39, 0.29) is 11.8 Å². The van der Waals surface area contributed by atoms with E-state index < -0.39 is 0 Å². The van der Waals surface area contributed by atoms with Crippen LogP contribution < -0.4 is 0 Å². The van der Waals surface area contributed by atoms with Crippen LogP contribution >= 0.6 is 0 Å². The first kappa shape index (κ1) is 41.9. The van der Waals surface area contributed by atoms with Crippen molar-refractivity contribution < 1.29 is 20.4 Å². The second kappa shape index (κ2) is 16.1. The third-order valence-corrected chi connectivity index (χ3v) is 13.6. The van der Waals surface area contributed by atoms with Gasteiger partial charge in [-0.1, -0.05) is 91.0 Å². The monoisotopic (exact) mass is 794 g/mol. The van der Waals surface area contributed by atoms with Gasteiger partial charge in [-0.3, -0.25) is 0 Å². The van der Waals surface area contributed by atoms with Crippen molar-refractivity contribution in [2.24, 2.45) is 0 Å². The molecule has 0 saturated carbocycles. The minimum absolute atomic E-state index is 0.0971. The lowest BCUT2D eigenvalue weighted by Crippen LogP contribution is -2.10. The van der Waals surface area contributed by atoms with Gasteiger partial charge in [0.25, 0.3) is 0 Å². The van der Waals surface area contributed by atoms with E-state index >= 15 is 0 Å². The first-order valence-electron chi connectivity index (χ1n) is 20.9. The number of phenolic OH excluding ortho intramolecular Hbond substituents is 4. The largest absolute Gasteiger partial charge is 0.507 e. The molecule has 306 valence electrons. The summed E-state index contributed by atoms with van der Waals surface area (Å²) in [5.74, 6) is 1.16. The third kappa shape index (κ3) is 7.23. The number of benzene rings is 7. The van der Waals surface area contributed by atoms with E-state index in [0.29, 0.717) is 23.0 Å². The van der Waals surface area contributed by atoms with E-state index in [2.05, 4.69) is 125 Å². The van der Waals surface area contributed by atoms with Gasteiger partial charge in [0.05, 0.1) is 0 Å². The van der Waals surface area contributed by atoms with E-state index in [1.807, 2.05) is 55.4 Å². The summed E-state index contributed by atoms with van der Waals surface area (Å²) in [6.07, 6.45) is 0. The summed E-state index contributed by atoms with van der Waals surface area (Å²) in [7, 11) is 0. The molecule has 0 aliphatic rings. The van der Waals surface area contributed by atoms with E-state index in [9.17, 15) is 20.4 Å². The van der Waals surface area contributed by atoms with Crippen LogP contribution in [0.15, 0.2) is 97.1 Å². The highest BCUT2D eigenvalue weighted by atomic mass is 16.3. The summed E-state index contributed by atoms with van der Waals surface area (Å²) < 4.78 is 0. The molecule has 0 aromatic heterocycles. The number of rotatable bonds is 8. The number of hydrogen-bond acceptors (Lipinski definition) is 4. The van der Waals surface area contributed by atoms with Gasteiger partial charge in [-0.05, 0) is 212 Å². The second-order valence-electron chi connectivity index (χ2n) is 17.2. The molecule has 4 nitrogen and oxygen atoms in total. The molecular formula is C56H58O4. The van der Waals surface area contributed by atoms with Crippen LogP contribution in [0.2, 0.25) is 0 Å². The molecule has 0 atom stereocenters. The van der Waals surface area contributed by atoms with Gasteiger partial charge in [0.1, 0.15) is 23.0 Å². The van der Waals surface area contributed by atoms with Gasteiger partial charge >= 0.3 is 0 Å². The van der Waals surface area contributed by atoms with E-state index in [1.54, 1.807) is 0 Å². The first-order valence-corrected chi connectivity index (χ1v) is 20.9. The Morgan fingerprint density at radius 2 is 0.533 bits per heavy atom. The van der Waals surface area contributed by atoms with Gasteiger partial charge in [-0.25, -0.2) is 0 Å². The van der Waals surface area contributed by atoms with Crippen LogP contribution in [-0.4, -0.2) is 20.4 Å². The molecule has 7 rings (SSSR count). The molecule has 7 aromatic rings. The second-order valence-corrected chi connectivity index (χ2v) is 17.2. The summed E-state index contributed by atoms with van der Waals surface area (Å²) in [5, 5.41) is 43.3. The average Bonchev–Trinajstić information content (AvgIpc) is 3.25. The zero-order valence-corrected chi connectivity index (χ0v) is 37.2. The maximum atomic E-state index is 10.8. The molecule has 0 bridgehead atoms. The fraction of sp³-hybridized carbons (Fsp3) is 0.250. The summed E-state index contributed by atoms with van der Waals surface area (Å²) in [6.45, 7) is 24.1. The molecule has 0 heterocycles. The first-order chi connectivity index (χ1) is 28.4. The van der Waals surface area contributed by atoms with Crippen LogP contribution in [0.4, 0.5) is 0 Å². The third-order valence-electron chi connectivity index (χ3n) is 13.6. The predicted molar refractivity (Wildman–Crippen MR) is 248 cm³/mol. The van der Waals surface area contributed by atoms with Crippen LogP contribution in [0.1, 0.15) is 112 Å². The number of aromatic hydroxyl groups is 4. The molecule has 4 heteroatoms. The lowest BCUT2D eigenvalue weighted by Gasteiger charge is -2.26. The van der Waals surface area contributed by atoms with Crippen molar-refractivity contribution in [1.29, 1.82) is 0 Å². The van der Waals surface area contributed by atoms with Crippen LogP contribution in [0, 0.1) is 83.1 Å². The number of phenols is 4. The zero-order chi connectivity index (χ0) is 43.5. The minimum Gasteiger partial charge on any atom is -0.507 e. The minimum atomic E-state index is -0.0971. The van der Waals surface area contributed by atoms with Crippen LogP contribution in [0.3, 0.4) is 0 Å². The smallest absolute Gasteiger partial charge is 0.121 e. The highest BCUT2D eigenvalue weighted by molar-refractivity contribution is 5.74. The summed E-state index contributed by atoms with van der Waals surface area (Å²) in [6, 6.07) is 34.8. The van der Waals surface area contributed by atoms with Crippen LogP contribution in [0.25, 0.3) is 22.3 Å². The molecule has 0 fully saturated rings. The van der Waals surface area contributed by atoms with Gasteiger partial charge in [-0.15, -0.1) is 0 Å². The molecule has 4 N–H and O–H groups in total. The van der Waals surface area contributed by atoms with Crippen molar-refractivity contribution in [2.45, 2.75) is 94.9 Å². The summed E-state index contributed by atoms with van der Waals surface area (Å²) >= 11 is 0. The summed E-state index contributed by atoms with van der Waals surface area (Å²) in [5.41, 5.74) is 22.5. The SMILES string of the molecule is Cc1cc(C(c2ccc(-c3cccc(-c4ccc(C(c5cc(C)c(O)c(C)c5C)c5cc(C)c(O)c(C)c5C)cc4)c3)cc2)c2cc(C)c(O)c(C)c2C)c(C)c(C)c1O. The molecule has 0 aliphatic carbocycles. The Kier molecular flexibility index (Phi) is 11.2. The molecule has 0 amide bonds. The zero-order valence-electron chi connectivity index (χ0n) is 37.2. The average molecular weight is 795 g/mol. The maximum absolute atomic E-state index is 10.8. The summed E-state index contributed by atoms with van der Waals surface area (Å²) in [4.78, 5) is 0. The van der Waals surface area contributed by atoms with Crippen molar-refractivity contribution in [1.82, 2.24) is 0 Å². The van der Waals surface area contributed by atoms with Gasteiger partial charge in [0.2, 0.25) is 0 Å². The fourth-order valence-electron chi connectivity index (χ4n) is 9.27. The molecule has 7 aromatic carbocycles. The Morgan fingerprint density at radius 1 is 0.283 bits per heavy atom. The molecule has 0 saturated heterocycles. The highest BCUT2D eigenvalue weighted by Gasteiger charge is 2.27. The van der Waals surface area contributed by atoms with Crippen molar-refractivity contribution >= 4 is 0 Å². The van der Waals surface area contributed by atoms with E-state index in [0.717, 1.165) is 122 Å². The lowest BCUT2D eigenvalue weighted by molar-refractivity contribution is 0.465. The topological polar surface area (TPSA) is 80.9 Å². The number of hydrogen-bond donors (Lipinski definition) is 4. The Morgan fingerprint density at radius 3 is 0.783 bits per heavy atom. The molecule has 0 spiro atoms. The molecule has 0 unspecified atom stereocenters. The van der Waals surface area contributed by atoms with Crippen molar-refractivity contribution in [3.8, 4) is 45.3 Å². The normalized spacial score (nSPS) is 11.6. The maximum Gasteiger partial charge on any atom is 0.121 e. The quantitative estimate of drug-likeness (QED) is 0.116. The Balaban J connectivity index is 1.27. The molecule has 0 radical (unpaired) electrons. The van der Waals surface area contributed by atoms with Gasteiger partial charge in [-0.2, -0.15) is 0 Å². The van der Waals surface area contributed by atoms with Gasteiger partial charge in [0, 0.05) is 11.8 Å². The highest BCUT2D eigenvalue weighted by Crippen LogP contribution is 2.45. The van der Waals surface area contributed by atoms with Gasteiger partial charge in [0.15, 0.2) is 0 Å². The Labute approximate surface area is 356 Å². The Hall–Kier alpha value is -6.26. The van der Waals surface area contributed by atoms with Crippen molar-refractivity contribution in [2.75, 3.05) is 0 Å². The van der Waals surface area contributed by atoms with Crippen molar-refractivity contribution in [3.63, 3.8) is 0 Å². The van der Waals surface area contributed by atoms with Gasteiger partial charge < -0.3 is 20.4 Å². The van der Waals surface area contributed by atoms with E-state index in [4.69, 9.17) is 0 Å². The van der Waals surface area contributed by atoms with Crippen molar-refractivity contribution in [3.05, 3.63) is 197 Å². The fourth-order valence-corrected chi connectivity index (χ4v) is 9.27. The molecule has 60 heavy (non-hydrogen) atoms. The Bertz CT molecular complexity index is 2490.